The smallest absolute Gasteiger partial charge is 0.416 e. The van der Waals surface area contributed by atoms with Crippen molar-refractivity contribution in [2.24, 2.45) is 12.5 Å². The molecule has 2 aromatic rings. The van der Waals surface area contributed by atoms with E-state index in [2.05, 4.69) is 15.5 Å². The van der Waals surface area contributed by atoms with E-state index in [4.69, 9.17) is 4.74 Å². The first kappa shape index (κ1) is 22.0. The average Bonchev–Trinajstić information content (AvgIpc) is 3.02. The predicted octanol–water partition coefficient (Wildman–Crippen LogP) is 3.95. The number of nitrogens with zero attached hydrogens (tertiary/aromatic N) is 4. The van der Waals surface area contributed by atoms with E-state index in [-0.39, 0.29) is 33.8 Å². The van der Waals surface area contributed by atoms with Crippen LogP contribution in [0.2, 0.25) is 0 Å². The Morgan fingerprint density at radius 1 is 1.30 bits per heavy atom. The summed E-state index contributed by atoms with van der Waals surface area (Å²) in [6, 6.07) is 2.84. The maximum Gasteiger partial charge on any atom is 0.416 e. The molecule has 1 aliphatic rings. The molecule has 30 heavy (non-hydrogen) atoms. The summed E-state index contributed by atoms with van der Waals surface area (Å²) in [5, 5.41) is 11.3. The number of carbonyl (C=O) groups excluding carboxylic acids is 2. The maximum absolute atomic E-state index is 13.2. The molecule has 1 aromatic carbocycles. The van der Waals surface area contributed by atoms with Crippen LogP contribution >= 0.6 is 11.8 Å². The lowest BCUT2D eigenvalue weighted by atomic mass is 9.79. The second-order valence-electron chi connectivity index (χ2n) is 7.73. The van der Waals surface area contributed by atoms with Gasteiger partial charge in [-0.15, -0.1) is 5.10 Å². The van der Waals surface area contributed by atoms with Crippen LogP contribution < -0.4 is 0 Å². The molecule has 1 heterocycles. The Hall–Kier alpha value is -2.69. The molecule has 0 atom stereocenters. The molecule has 7 nitrogen and oxygen atoms in total. The van der Waals surface area contributed by atoms with Crippen molar-refractivity contribution >= 4 is 23.5 Å². The molecule has 0 bridgehead atoms. The van der Waals surface area contributed by atoms with Crippen molar-refractivity contribution in [1.29, 1.82) is 0 Å². The molecule has 0 unspecified atom stereocenters. The molecule has 0 spiro atoms. The van der Waals surface area contributed by atoms with Gasteiger partial charge in [-0.25, -0.2) is 9.48 Å². The average molecular weight is 440 g/mol. The highest BCUT2D eigenvalue weighted by Gasteiger charge is 2.33. The summed E-state index contributed by atoms with van der Waals surface area (Å²) in [6.45, 7) is 3.75. The topological polar surface area (TPSA) is 87.0 Å². The van der Waals surface area contributed by atoms with Gasteiger partial charge in [0.25, 0.3) is 0 Å². The third kappa shape index (κ3) is 5.26. The number of alkyl halides is 3. The minimum Gasteiger partial charge on any atom is -0.427 e. The normalized spacial score (nSPS) is 16.3. The fourth-order valence-corrected chi connectivity index (χ4v) is 3.94. The lowest BCUT2D eigenvalue weighted by molar-refractivity contribution is -0.137. The third-order valence-electron chi connectivity index (χ3n) is 4.44. The summed E-state index contributed by atoms with van der Waals surface area (Å²) < 4.78 is 46.3. The molecule has 0 fully saturated rings. The fourth-order valence-electron chi connectivity index (χ4n) is 3.10. The van der Waals surface area contributed by atoms with Crippen molar-refractivity contribution in [2.75, 3.05) is 0 Å². The number of ketones is 1. The first-order chi connectivity index (χ1) is 13.9. The third-order valence-corrected chi connectivity index (χ3v) is 5.50. The van der Waals surface area contributed by atoms with Crippen molar-refractivity contribution in [2.45, 2.75) is 43.8 Å². The van der Waals surface area contributed by atoms with Crippen LogP contribution in [0, 0.1) is 5.41 Å². The monoisotopic (exact) mass is 440 g/mol. The van der Waals surface area contributed by atoms with Gasteiger partial charge in [0.15, 0.2) is 5.78 Å². The molecular formula is C19H19F3N4O3S. The number of esters is 1. The number of rotatable bonds is 5. The number of thioether (sulfide) groups is 1. The summed E-state index contributed by atoms with van der Waals surface area (Å²) >= 11 is 1.09. The van der Waals surface area contributed by atoms with E-state index < -0.39 is 17.7 Å². The van der Waals surface area contributed by atoms with Crippen LogP contribution in [0.25, 0.3) is 0 Å². The molecule has 0 saturated carbocycles. The Morgan fingerprint density at radius 3 is 2.63 bits per heavy atom. The Labute approximate surface area is 174 Å². The molecule has 0 N–H and O–H groups in total. The molecule has 1 aliphatic carbocycles. The van der Waals surface area contributed by atoms with E-state index in [0.717, 1.165) is 30.0 Å². The first-order valence-corrected chi connectivity index (χ1v) is 9.94. The van der Waals surface area contributed by atoms with Gasteiger partial charge in [0.05, 0.1) is 11.1 Å². The number of allylic oxidation sites excluding steroid dienone is 2. The van der Waals surface area contributed by atoms with E-state index in [1.165, 1.54) is 10.8 Å². The summed E-state index contributed by atoms with van der Waals surface area (Å²) in [6.07, 6.45) is -2.58. The molecule has 1 aromatic heterocycles. The molecule has 0 amide bonds. The van der Waals surface area contributed by atoms with Gasteiger partial charge in [-0.05, 0) is 39.6 Å². The number of aryl methyl sites for hydroxylation is 1. The number of tetrazole rings is 1. The Balaban J connectivity index is 1.87. The Morgan fingerprint density at radius 2 is 2.03 bits per heavy atom. The zero-order chi connectivity index (χ0) is 22.1. The van der Waals surface area contributed by atoms with Crippen molar-refractivity contribution < 1.29 is 27.5 Å². The summed E-state index contributed by atoms with van der Waals surface area (Å²) in [7, 11) is 1.60. The van der Waals surface area contributed by atoms with Gasteiger partial charge in [-0.2, -0.15) is 13.2 Å². The van der Waals surface area contributed by atoms with Crippen LogP contribution in [0.5, 0.6) is 0 Å². The minimum absolute atomic E-state index is 0.0117. The van der Waals surface area contributed by atoms with Gasteiger partial charge in [0.1, 0.15) is 5.76 Å². The van der Waals surface area contributed by atoms with Crippen LogP contribution in [-0.2, 0) is 28.5 Å². The number of benzene rings is 1. The van der Waals surface area contributed by atoms with Crippen molar-refractivity contribution in [3.8, 4) is 0 Å². The van der Waals surface area contributed by atoms with Crippen molar-refractivity contribution in [3.05, 3.63) is 46.7 Å². The molecule has 0 aliphatic heterocycles. The zero-order valence-corrected chi connectivity index (χ0v) is 17.3. The van der Waals surface area contributed by atoms with E-state index in [1.54, 1.807) is 7.05 Å². The van der Waals surface area contributed by atoms with Gasteiger partial charge in [0, 0.05) is 31.7 Å². The Bertz CT molecular complexity index is 1010. The lowest BCUT2D eigenvalue weighted by Crippen LogP contribution is -2.24. The number of hydrogen-bond donors (Lipinski definition) is 0. The van der Waals surface area contributed by atoms with Crippen molar-refractivity contribution in [1.82, 2.24) is 20.2 Å². The Kier molecular flexibility index (Phi) is 6.02. The summed E-state index contributed by atoms with van der Waals surface area (Å²) in [5.41, 5.74) is -1.12. The molecular weight excluding hydrogens is 421 g/mol. The van der Waals surface area contributed by atoms with E-state index >= 15 is 0 Å². The number of aromatic nitrogens is 4. The summed E-state index contributed by atoms with van der Waals surface area (Å²) in [5.74, 6) is -0.747. The quantitative estimate of drug-likeness (QED) is 0.514. The van der Waals surface area contributed by atoms with Crippen LogP contribution in [0.4, 0.5) is 13.2 Å². The highest BCUT2D eigenvalue weighted by atomic mass is 32.2. The standard InChI is InChI=1S/C19H19F3N4O3S/c1-18(2)8-13(27)7-14(9-18)29-16(28)15-5-4-12(19(20,21)22)6-11(15)10-30-17-23-24-25-26(17)3/h4-7H,8-10H2,1-3H3. The van der Waals surface area contributed by atoms with Crippen LogP contribution in [0.3, 0.4) is 0 Å². The second kappa shape index (κ2) is 8.21. The van der Waals surface area contributed by atoms with E-state index in [0.29, 0.717) is 18.0 Å². The number of halogens is 3. The maximum atomic E-state index is 13.2. The minimum atomic E-state index is -4.56. The molecule has 0 radical (unpaired) electrons. The predicted molar refractivity (Wildman–Crippen MR) is 101 cm³/mol. The van der Waals surface area contributed by atoms with Gasteiger partial charge >= 0.3 is 12.1 Å². The second-order valence-corrected chi connectivity index (χ2v) is 8.67. The van der Waals surface area contributed by atoms with E-state index in [1.807, 2.05) is 13.8 Å². The number of ether oxygens (including phenoxy) is 1. The zero-order valence-electron chi connectivity index (χ0n) is 16.5. The van der Waals surface area contributed by atoms with Crippen LogP contribution in [0.15, 0.2) is 35.2 Å². The largest absolute Gasteiger partial charge is 0.427 e. The number of hydrogen-bond acceptors (Lipinski definition) is 7. The van der Waals surface area contributed by atoms with Gasteiger partial charge in [-0.1, -0.05) is 25.6 Å². The van der Waals surface area contributed by atoms with Crippen LogP contribution in [0.1, 0.15) is 48.2 Å². The van der Waals surface area contributed by atoms with E-state index in [9.17, 15) is 22.8 Å². The summed E-state index contributed by atoms with van der Waals surface area (Å²) in [4.78, 5) is 24.6. The highest BCUT2D eigenvalue weighted by Crippen LogP contribution is 2.36. The SMILES string of the molecule is Cn1nnnc1SCc1cc(C(F)(F)F)ccc1C(=O)OC1=CC(=O)CC(C)(C)C1. The molecule has 11 heteroatoms. The van der Waals surface area contributed by atoms with Gasteiger partial charge in [0.2, 0.25) is 5.16 Å². The molecule has 3 rings (SSSR count). The lowest BCUT2D eigenvalue weighted by Gasteiger charge is -2.28. The van der Waals surface area contributed by atoms with Crippen LogP contribution in [-0.4, -0.2) is 32.0 Å². The van der Waals surface area contributed by atoms with Crippen molar-refractivity contribution in [3.63, 3.8) is 0 Å². The molecule has 0 saturated heterocycles. The highest BCUT2D eigenvalue weighted by molar-refractivity contribution is 7.98. The van der Waals surface area contributed by atoms with Gasteiger partial charge < -0.3 is 4.74 Å². The fraction of sp³-hybridized carbons (Fsp3) is 0.421. The first-order valence-electron chi connectivity index (χ1n) is 8.95. The molecule has 160 valence electrons. The van der Waals surface area contributed by atoms with Gasteiger partial charge in [-0.3, -0.25) is 4.79 Å². The number of carbonyl (C=O) groups is 2.